The van der Waals surface area contributed by atoms with Crippen LogP contribution in [0, 0.1) is 23.2 Å². The van der Waals surface area contributed by atoms with Crippen molar-refractivity contribution in [2.75, 3.05) is 40.6 Å². The number of methoxy groups -OCH3 is 2. The Morgan fingerprint density at radius 3 is 2.41 bits per heavy atom. The highest BCUT2D eigenvalue weighted by Gasteiger charge is 2.57. The van der Waals surface area contributed by atoms with Crippen molar-refractivity contribution in [2.45, 2.75) is 121 Å². The Morgan fingerprint density at radius 2 is 1.77 bits per heavy atom. The third-order valence-corrected chi connectivity index (χ3v) is 11.1. The van der Waals surface area contributed by atoms with Gasteiger partial charge in [0.1, 0.15) is 47.8 Å². The van der Waals surface area contributed by atoms with Gasteiger partial charge >= 0.3 is 0 Å². The molecule has 1 saturated carbocycles. The first kappa shape index (κ1) is 34.4. The van der Waals surface area contributed by atoms with Crippen molar-refractivity contribution in [1.82, 2.24) is 0 Å². The molecule has 0 amide bonds. The molecular weight excluding hydrogens is 572 g/mol. The molecule has 5 aliphatic rings. The molecule has 2 saturated heterocycles. The first-order valence-electron chi connectivity index (χ1n) is 16.2. The van der Waals surface area contributed by atoms with Gasteiger partial charge in [-0.05, 0) is 61.5 Å². The van der Waals surface area contributed by atoms with E-state index in [0.29, 0.717) is 12.8 Å². The SMILES string of the molecule is COCC1OC(OC2C3=C(C(C)C)CCC3(C)C=C3C(CCC3(O)COC)C(C)C2O)C(O)C2OCC(O)C(C)(CO)OC12. The highest BCUT2D eigenvalue weighted by atomic mass is 16.7. The van der Waals surface area contributed by atoms with E-state index < -0.39 is 72.2 Å². The van der Waals surface area contributed by atoms with E-state index in [1.807, 2.05) is 6.92 Å². The van der Waals surface area contributed by atoms with Gasteiger partial charge in [-0.15, -0.1) is 0 Å². The van der Waals surface area contributed by atoms with Gasteiger partial charge in [-0.1, -0.05) is 39.3 Å². The van der Waals surface area contributed by atoms with E-state index in [1.54, 1.807) is 14.0 Å². The van der Waals surface area contributed by atoms with E-state index in [9.17, 15) is 25.5 Å². The molecule has 2 aliphatic heterocycles. The second kappa shape index (κ2) is 12.9. The smallest absolute Gasteiger partial charge is 0.187 e. The number of rotatable bonds is 8. The van der Waals surface area contributed by atoms with Gasteiger partial charge in [0, 0.05) is 19.6 Å². The summed E-state index contributed by atoms with van der Waals surface area (Å²) in [6.07, 6.45) is -2.89. The summed E-state index contributed by atoms with van der Waals surface area (Å²) in [5.41, 5.74) is 0.165. The molecule has 13 atom stereocenters. The van der Waals surface area contributed by atoms with E-state index in [4.69, 9.17) is 28.4 Å². The first-order valence-corrected chi connectivity index (χ1v) is 16.2. The average Bonchev–Trinajstić information content (AvgIpc) is 3.43. The Bertz CT molecular complexity index is 1090. The number of aliphatic hydroxyl groups excluding tert-OH is 4. The van der Waals surface area contributed by atoms with Crippen molar-refractivity contribution < 1.29 is 54.0 Å². The standard InChI is InChI=1S/C33H54O11/c1-17(2)19-8-10-31(4)12-21-20(9-11-33(21,38)16-40-7)18(3)25(36)28(24(19)31)43-30-26(37)29-27(22(42-30)13-39-6)44-32(5,15-34)23(35)14-41-29/h12,17-18,20,22-23,25-30,34-38H,8-11,13-16H2,1-7H3. The number of hydrogen-bond acceptors (Lipinski definition) is 11. The maximum atomic E-state index is 12.2. The molecule has 0 aromatic carbocycles. The fourth-order valence-corrected chi connectivity index (χ4v) is 8.38. The molecule has 0 radical (unpaired) electrons. The maximum absolute atomic E-state index is 12.2. The predicted molar refractivity (Wildman–Crippen MR) is 160 cm³/mol. The first-order chi connectivity index (χ1) is 20.7. The lowest BCUT2D eigenvalue weighted by atomic mass is 9.68. The van der Waals surface area contributed by atoms with E-state index >= 15 is 0 Å². The number of hydrogen-bond donors (Lipinski definition) is 5. The molecule has 5 rings (SSSR count). The average molecular weight is 627 g/mol. The largest absolute Gasteiger partial charge is 0.393 e. The molecule has 0 aromatic heterocycles. The van der Waals surface area contributed by atoms with Gasteiger partial charge in [0.15, 0.2) is 6.29 Å². The van der Waals surface area contributed by atoms with Crippen molar-refractivity contribution in [3.8, 4) is 0 Å². The van der Waals surface area contributed by atoms with Crippen molar-refractivity contribution in [3.05, 3.63) is 22.8 Å². The van der Waals surface area contributed by atoms with Gasteiger partial charge in [-0.2, -0.15) is 0 Å². The van der Waals surface area contributed by atoms with Crippen LogP contribution < -0.4 is 0 Å². The number of fused-ring (bicyclic) bond motifs is 3. The van der Waals surface area contributed by atoms with Crippen LogP contribution in [0.3, 0.4) is 0 Å². The Labute approximate surface area is 261 Å². The van der Waals surface area contributed by atoms with Crippen LogP contribution in [-0.4, -0.2) is 126 Å². The lowest BCUT2D eigenvalue weighted by molar-refractivity contribution is -0.330. The Balaban J connectivity index is 1.54. The van der Waals surface area contributed by atoms with E-state index in [-0.39, 0.29) is 37.6 Å². The molecule has 2 heterocycles. The minimum atomic E-state index is -1.33. The number of ether oxygens (including phenoxy) is 6. The van der Waals surface area contributed by atoms with Crippen molar-refractivity contribution in [1.29, 1.82) is 0 Å². The van der Waals surface area contributed by atoms with Crippen molar-refractivity contribution in [3.63, 3.8) is 0 Å². The van der Waals surface area contributed by atoms with Gasteiger partial charge in [-0.3, -0.25) is 0 Å². The van der Waals surface area contributed by atoms with Gasteiger partial charge in [0.05, 0.1) is 32.5 Å². The van der Waals surface area contributed by atoms with Gasteiger partial charge in [-0.25, -0.2) is 0 Å². The third-order valence-electron chi connectivity index (χ3n) is 11.1. The zero-order chi connectivity index (χ0) is 32.2. The molecule has 11 nitrogen and oxygen atoms in total. The monoisotopic (exact) mass is 626 g/mol. The molecule has 0 spiro atoms. The van der Waals surface area contributed by atoms with E-state index in [0.717, 1.165) is 24.0 Å². The van der Waals surface area contributed by atoms with E-state index in [2.05, 4.69) is 26.8 Å². The van der Waals surface area contributed by atoms with E-state index in [1.165, 1.54) is 12.7 Å². The third kappa shape index (κ3) is 5.85. The summed E-state index contributed by atoms with van der Waals surface area (Å²) in [5, 5.41) is 56.3. The molecule has 3 aliphatic carbocycles. The number of aliphatic hydroxyl groups is 5. The van der Waals surface area contributed by atoms with Crippen LogP contribution in [0.4, 0.5) is 0 Å². The summed E-state index contributed by atoms with van der Waals surface area (Å²) in [7, 11) is 3.12. The quantitative estimate of drug-likeness (QED) is 0.249. The van der Waals surface area contributed by atoms with Crippen LogP contribution in [-0.2, 0) is 28.4 Å². The molecule has 0 aromatic rings. The Kier molecular flexibility index (Phi) is 10.1. The van der Waals surface area contributed by atoms with Crippen LogP contribution in [0.15, 0.2) is 22.8 Å². The topological polar surface area (TPSA) is 157 Å². The predicted octanol–water partition coefficient (Wildman–Crippen LogP) is 1.48. The van der Waals surface area contributed by atoms with Crippen LogP contribution in [0.25, 0.3) is 0 Å². The minimum absolute atomic E-state index is 0.0724. The number of allylic oxidation sites excluding steroid dienone is 2. The highest BCUT2D eigenvalue weighted by molar-refractivity contribution is 5.42. The summed E-state index contributed by atoms with van der Waals surface area (Å²) in [4.78, 5) is 0. The zero-order valence-corrected chi connectivity index (χ0v) is 27.3. The normalized spacial score (nSPS) is 47.9. The summed E-state index contributed by atoms with van der Waals surface area (Å²) < 4.78 is 36.2. The van der Waals surface area contributed by atoms with Crippen LogP contribution >= 0.6 is 0 Å². The molecule has 0 bridgehead atoms. The lowest BCUT2D eigenvalue weighted by Gasteiger charge is -2.48. The maximum Gasteiger partial charge on any atom is 0.187 e. The van der Waals surface area contributed by atoms with Gasteiger partial charge < -0.3 is 54.0 Å². The lowest BCUT2D eigenvalue weighted by Crippen LogP contribution is -2.63. The Morgan fingerprint density at radius 1 is 1.05 bits per heavy atom. The minimum Gasteiger partial charge on any atom is -0.393 e. The summed E-state index contributed by atoms with van der Waals surface area (Å²) in [5.74, 6) is -0.157. The Hall–Kier alpha value is -0.960. The van der Waals surface area contributed by atoms with Gasteiger partial charge in [0.2, 0.25) is 0 Å². The second-order valence-electron chi connectivity index (χ2n) is 14.5. The molecule has 13 unspecified atom stereocenters. The van der Waals surface area contributed by atoms with Crippen LogP contribution in [0.5, 0.6) is 0 Å². The highest BCUT2D eigenvalue weighted by Crippen LogP contribution is 2.56. The van der Waals surface area contributed by atoms with Crippen molar-refractivity contribution >= 4 is 0 Å². The summed E-state index contributed by atoms with van der Waals surface area (Å²) in [6, 6.07) is 0. The summed E-state index contributed by atoms with van der Waals surface area (Å²) in [6.45, 7) is 9.67. The molecule has 44 heavy (non-hydrogen) atoms. The molecule has 3 fully saturated rings. The van der Waals surface area contributed by atoms with Gasteiger partial charge in [0.25, 0.3) is 0 Å². The fourth-order valence-electron chi connectivity index (χ4n) is 8.38. The van der Waals surface area contributed by atoms with Crippen LogP contribution in [0.1, 0.15) is 60.3 Å². The molecule has 252 valence electrons. The van der Waals surface area contributed by atoms with Crippen LogP contribution in [0.2, 0.25) is 0 Å². The fraction of sp³-hybridized carbons (Fsp3) is 0.879. The van der Waals surface area contributed by atoms with Crippen molar-refractivity contribution in [2.24, 2.45) is 23.2 Å². The summed E-state index contributed by atoms with van der Waals surface area (Å²) >= 11 is 0. The second-order valence-corrected chi connectivity index (χ2v) is 14.5. The molecular formula is C33H54O11. The molecule has 5 N–H and O–H groups in total. The molecule has 11 heteroatoms. The zero-order valence-electron chi connectivity index (χ0n) is 27.3.